The van der Waals surface area contributed by atoms with E-state index in [0.29, 0.717) is 11.5 Å². The second kappa shape index (κ2) is 7.28. The van der Waals surface area contributed by atoms with Gasteiger partial charge in [-0.2, -0.15) is 0 Å². The second-order valence-corrected chi connectivity index (χ2v) is 6.63. The summed E-state index contributed by atoms with van der Waals surface area (Å²) in [6.45, 7) is 11.1. The molecule has 1 saturated carbocycles. The molecule has 3 nitrogen and oxygen atoms in total. The first-order chi connectivity index (χ1) is 9.63. The van der Waals surface area contributed by atoms with Crippen molar-refractivity contribution < 1.29 is 4.42 Å². The molecular formula is C17H30N2O. The van der Waals surface area contributed by atoms with Crippen LogP contribution in [0.3, 0.4) is 0 Å². The molecule has 0 amide bonds. The van der Waals surface area contributed by atoms with E-state index in [9.17, 15) is 0 Å². The van der Waals surface area contributed by atoms with Crippen LogP contribution in [0.2, 0.25) is 0 Å². The fourth-order valence-corrected chi connectivity index (χ4v) is 3.31. The summed E-state index contributed by atoms with van der Waals surface area (Å²) in [7, 11) is 0. The summed E-state index contributed by atoms with van der Waals surface area (Å²) in [6.07, 6.45) is 7.27. The van der Waals surface area contributed by atoms with E-state index in [1.807, 2.05) is 6.07 Å². The topological polar surface area (TPSA) is 28.4 Å². The molecule has 1 aromatic heterocycles. The molecule has 2 rings (SSSR count). The third-order valence-electron chi connectivity index (χ3n) is 4.52. The third kappa shape index (κ3) is 4.35. The van der Waals surface area contributed by atoms with Crippen LogP contribution in [0, 0.1) is 5.41 Å². The highest BCUT2D eigenvalue weighted by molar-refractivity contribution is 4.99. The Balaban J connectivity index is 1.94. The van der Waals surface area contributed by atoms with Crippen molar-refractivity contribution in [3.8, 4) is 0 Å². The van der Waals surface area contributed by atoms with Gasteiger partial charge in [0.2, 0.25) is 0 Å². The lowest BCUT2D eigenvalue weighted by molar-refractivity contribution is 0.138. The maximum absolute atomic E-state index is 5.50. The van der Waals surface area contributed by atoms with Crippen LogP contribution in [0.25, 0.3) is 0 Å². The predicted octanol–water partition coefficient (Wildman–Crippen LogP) is 3.66. The van der Waals surface area contributed by atoms with Crippen LogP contribution >= 0.6 is 0 Å². The predicted molar refractivity (Wildman–Crippen MR) is 83.7 cm³/mol. The summed E-state index contributed by atoms with van der Waals surface area (Å²) in [6, 6.07) is 4.64. The van der Waals surface area contributed by atoms with Crippen LogP contribution < -0.4 is 5.32 Å². The Hall–Kier alpha value is -0.800. The number of nitrogens with zero attached hydrogens (tertiary/aromatic N) is 1. The maximum atomic E-state index is 5.50. The van der Waals surface area contributed by atoms with Gasteiger partial charge in [0.25, 0.3) is 0 Å². The Morgan fingerprint density at radius 2 is 2.10 bits per heavy atom. The average molecular weight is 278 g/mol. The monoisotopic (exact) mass is 278 g/mol. The highest BCUT2D eigenvalue weighted by Crippen LogP contribution is 2.38. The van der Waals surface area contributed by atoms with E-state index >= 15 is 0 Å². The van der Waals surface area contributed by atoms with Crippen LogP contribution in [-0.2, 0) is 6.54 Å². The van der Waals surface area contributed by atoms with Gasteiger partial charge in [0, 0.05) is 19.1 Å². The van der Waals surface area contributed by atoms with Crippen LogP contribution in [0.5, 0.6) is 0 Å². The summed E-state index contributed by atoms with van der Waals surface area (Å²) < 4.78 is 5.50. The van der Waals surface area contributed by atoms with Gasteiger partial charge in [-0.05, 0) is 36.9 Å². The van der Waals surface area contributed by atoms with Gasteiger partial charge in [0.1, 0.15) is 5.76 Å². The molecular weight excluding hydrogens is 248 g/mol. The summed E-state index contributed by atoms with van der Waals surface area (Å²) in [5, 5.41) is 3.67. The van der Waals surface area contributed by atoms with Crippen molar-refractivity contribution >= 4 is 0 Å². The molecule has 3 heteroatoms. The minimum Gasteiger partial charge on any atom is -0.468 e. The van der Waals surface area contributed by atoms with Crippen molar-refractivity contribution in [1.29, 1.82) is 0 Å². The Kier molecular flexibility index (Phi) is 5.67. The Morgan fingerprint density at radius 3 is 2.65 bits per heavy atom. The van der Waals surface area contributed by atoms with Gasteiger partial charge in [-0.3, -0.25) is 4.90 Å². The molecule has 114 valence electrons. The summed E-state index contributed by atoms with van der Waals surface area (Å²) in [5.41, 5.74) is 0.465. The zero-order valence-electron chi connectivity index (χ0n) is 13.3. The van der Waals surface area contributed by atoms with Crippen LogP contribution in [0.1, 0.15) is 52.2 Å². The zero-order valence-corrected chi connectivity index (χ0v) is 13.3. The third-order valence-corrected chi connectivity index (χ3v) is 4.52. The number of hydrogen-bond donors (Lipinski definition) is 1. The van der Waals surface area contributed by atoms with E-state index < -0.39 is 0 Å². The highest BCUT2D eigenvalue weighted by atomic mass is 16.3. The number of nitrogens with one attached hydrogen (secondary N) is 1. The van der Waals surface area contributed by atoms with E-state index in [1.165, 1.54) is 32.2 Å². The lowest BCUT2D eigenvalue weighted by atomic mass is 9.85. The highest BCUT2D eigenvalue weighted by Gasteiger charge is 2.35. The largest absolute Gasteiger partial charge is 0.468 e. The molecule has 1 aromatic rings. The maximum Gasteiger partial charge on any atom is 0.117 e. The smallest absolute Gasteiger partial charge is 0.117 e. The van der Waals surface area contributed by atoms with Gasteiger partial charge in [-0.25, -0.2) is 0 Å². The normalized spacial score (nSPS) is 18.2. The standard InChI is InChI=1S/C17H30N2O/c1-4-19(12-16-8-7-11-20-16)14-17(9-5-6-10-17)13-18-15(2)3/h7-8,11,15,18H,4-6,9-10,12-14H2,1-3H3. The second-order valence-electron chi connectivity index (χ2n) is 6.63. The summed E-state index contributed by atoms with van der Waals surface area (Å²) >= 11 is 0. The molecule has 0 atom stereocenters. The molecule has 20 heavy (non-hydrogen) atoms. The minimum absolute atomic E-state index is 0.465. The molecule has 1 fully saturated rings. The zero-order chi connectivity index (χ0) is 14.4. The van der Waals surface area contributed by atoms with Gasteiger partial charge in [-0.1, -0.05) is 33.6 Å². The van der Waals surface area contributed by atoms with Gasteiger partial charge < -0.3 is 9.73 Å². The molecule has 1 aliphatic carbocycles. The molecule has 0 unspecified atom stereocenters. The van der Waals surface area contributed by atoms with Gasteiger partial charge >= 0.3 is 0 Å². The van der Waals surface area contributed by atoms with E-state index in [0.717, 1.165) is 25.4 Å². The molecule has 1 heterocycles. The van der Waals surface area contributed by atoms with Crippen LogP contribution in [0.4, 0.5) is 0 Å². The quantitative estimate of drug-likeness (QED) is 0.786. The van der Waals surface area contributed by atoms with Crippen molar-refractivity contribution in [2.75, 3.05) is 19.6 Å². The van der Waals surface area contributed by atoms with Crippen molar-refractivity contribution in [2.45, 2.75) is 59.0 Å². The SMILES string of the molecule is CCN(Cc1ccco1)CC1(CNC(C)C)CCCC1. The number of furan rings is 1. The van der Waals surface area contributed by atoms with E-state index in [1.54, 1.807) is 6.26 Å². The van der Waals surface area contributed by atoms with Gasteiger partial charge in [-0.15, -0.1) is 0 Å². The average Bonchev–Trinajstić information content (AvgIpc) is 3.08. The molecule has 1 aliphatic rings. The first kappa shape index (κ1) is 15.6. The fraction of sp³-hybridized carbons (Fsp3) is 0.765. The Bertz CT molecular complexity index is 366. The van der Waals surface area contributed by atoms with Gasteiger partial charge in [0.15, 0.2) is 0 Å². The van der Waals surface area contributed by atoms with E-state index in [4.69, 9.17) is 4.42 Å². The molecule has 0 saturated heterocycles. The number of hydrogen-bond acceptors (Lipinski definition) is 3. The van der Waals surface area contributed by atoms with Gasteiger partial charge in [0.05, 0.1) is 12.8 Å². The number of rotatable bonds is 8. The first-order valence-corrected chi connectivity index (χ1v) is 8.12. The minimum atomic E-state index is 0.465. The molecule has 0 spiro atoms. The van der Waals surface area contributed by atoms with Crippen LogP contribution in [0.15, 0.2) is 22.8 Å². The van der Waals surface area contributed by atoms with Crippen molar-refractivity contribution in [3.05, 3.63) is 24.2 Å². The molecule has 0 radical (unpaired) electrons. The van der Waals surface area contributed by atoms with Crippen molar-refractivity contribution in [2.24, 2.45) is 5.41 Å². The van der Waals surface area contributed by atoms with Crippen molar-refractivity contribution in [1.82, 2.24) is 10.2 Å². The lowest BCUT2D eigenvalue weighted by Crippen LogP contribution is -2.44. The molecule has 1 N–H and O–H groups in total. The fourth-order valence-electron chi connectivity index (χ4n) is 3.31. The van der Waals surface area contributed by atoms with E-state index in [2.05, 4.69) is 37.1 Å². The molecule has 0 aromatic carbocycles. The summed E-state index contributed by atoms with van der Waals surface area (Å²) in [5.74, 6) is 1.08. The van der Waals surface area contributed by atoms with Crippen molar-refractivity contribution in [3.63, 3.8) is 0 Å². The van der Waals surface area contributed by atoms with E-state index in [-0.39, 0.29) is 0 Å². The van der Waals surface area contributed by atoms with Crippen LogP contribution in [-0.4, -0.2) is 30.6 Å². The first-order valence-electron chi connectivity index (χ1n) is 8.12. The Labute approximate surface area is 123 Å². The lowest BCUT2D eigenvalue weighted by Gasteiger charge is -2.35. The Morgan fingerprint density at radius 1 is 1.35 bits per heavy atom. The summed E-state index contributed by atoms with van der Waals surface area (Å²) in [4.78, 5) is 2.53. The molecule has 0 bridgehead atoms. The molecule has 0 aliphatic heterocycles.